The van der Waals surface area contributed by atoms with Crippen LogP contribution >= 0.6 is 0 Å². The summed E-state index contributed by atoms with van der Waals surface area (Å²) < 4.78 is 10.8. The summed E-state index contributed by atoms with van der Waals surface area (Å²) in [4.78, 5) is 12.0. The Morgan fingerprint density at radius 3 is 2.54 bits per heavy atom. The van der Waals surface area contributed by atoms with Crippen molar-refractivity contribution < 1.29 is 19.4 Å². The fraction of sp³-hybridized carbons (Fsp3) is 0.375. The van der Waals surface area contributed by atoms with E-state index >= 15 is 0 Å². The molecule has 0 aliphatic carbocycles. The number of allylic oxidation sites excluding steroid dienone is 1. The second-order valence-electron chi connectivity index (χ2n) is 6.73. The molecule has 0 amide bonds. The Bertz CT molecular complexity index is 763. The van der Waals surface area contributed by atoms with Crippen molar-refractivity contribution in [2.45, 2.75) is 45.4 Å². The molecule has 4 heteroatoms. The maximum atomic E-state index is 12.0. The van der Waals surface area contributed by atoms with Crippen molar-refractivity contribution in [3.05, 3.63) is 59.7 Å². The van der Waals surface area contributed by atoms with Gasteiger partial charge < -0.3 is 14.6 Å². The standard InChI is InChI=1S/C24H30O4/c1-3-4-10-22(25)20-13-16-24(23(26)18-20)28-17-8-6-5-7-9-19-11-14-21(27-2)15-12-19/h7,9,11-16,18,26H,3-6,8,10,17H2,1-2H3. The summed E-state index contributed by atoms with van der Waals surface area (Å²) in [6.45, 7) is 2.59. The van der Waals surface area contributed by atoms with Crippen LogP contribution in [0.4, 0.5) is 0 Å². The van der Waals surface area contributed by atoms with E-state index in [1.54, 1.807) is 19.2 Å². The molecule has 0 saturated carbocycles. The fourth-order valence-corrected chi connectivity index (χ4v) is 2.78. The lowest BCUT2D eigenvalue weighted by molar-refractivity contribution is 0.0979. The third-order valence-corrected chi connectivity index (χ3v) is 4.49. The van der Waals surface area contributed by atoms with E-state index in [0.29, 0.717) is 24.3 Å². The lowest BCUT2D eigenvalue weighted by Crippen LogP contribution is -2.01. The number of methoxy groups -OCH3 is 1. The van der Waals surface area contributed by atoms with Gasteiger partial charge in [0, 0.05) is 12.0 Å². The number of ether oxygens (including phenoxy) is 2. The number of phenolic OH excluding ortho intramolecular Hbond substituents is 1. The minimum Gasteiger partial charge on any atom is -0.504 e. The zero-order valence-corrected chi connectivity index (χ0v) is 16.8. The highest BCUT2D eigenvalue weighted by Crippen LogP contribution is 2.27. The van der Waals surface area contributed by atoms with E-state index < -0.39 is 0 Å². The van der Waals surface area contributed by atoms with E-state index in [1.165, 1.54) is 6.07 Å². The number of carbonyl (C=O) groups is 1. The number of hydrogen-bond donors (Lipinski definition) is 1. The first-order chi connectivity index (χ1) is 13.6. The van der Waals surface area contributed by atoms with Crippen LogP contribution in [-0.2, 0) is 0 Å². The quantitative estimate of drug-likeness (QED) is 0.359. The molecule has 0 atom stereocenters. The molecule has 0 bridgehead atoms. The molecule has 4 nitrogen and oxygen atoms in total. The number of unbranched alkanes of at least 4 members (excludes halogenated alkanes) is 3. The molecule has 0 saturated heterocycles. The lowest BCUT2D eigenvalue weighted by atomic mass is 10.1. The summed E-state index contributed by atoms with van der Waals surface area (Å²) >= 11 is 0. The highest BCUT2D eigenvalue weighted by atomic mass is 16.5. The van der Waals surface area contributed by atoms with Crippen LogP contribution in [-0.4, -0.2) is 24.6 Å². The van der Waals surface area contributed by atoms with E-state index in [9.17, 15) is 9.90 Å². The van der Waals surface area contributed by atoms with Crippen molar-refractivity contribution >= 4 is 11.9 Å². The monoisotopic (exact) mass is 382 g/mol. The summed E-state index contributed by atoms with van der Waals surface area (Å²) in [5.41, 5.74) is 1.69. The van der Waals surface area contributed by atoms with Crippen molar-refractivity contribution in [3.63, 3.8) is 0 Å². The van der Waals surface area contributed by atoms with Gasteiger partial charge in [-0.2, -0.15) is 0 Å². The van der Waals surface area contributed by atoms with Gasteiger partial charge in [0.25, 0.3) is 0 Å². The Hall–Kier alpha value is -2.75. The van der Waals surface area contributed by atoms with Gasteiger partial charge in [0.15, 0.2) is 17.3 Å². The van der Waals surface area contributed by atoms with Gasteiger partial charge in [-0.25, -0.2) is 0 Å². The Morgan fingerprint density at radius 1 is 1.07 bits per heavy atom. The van der Waals surface area contributed by atoms with Crippen molar-refractivity contribution in [2.75, 3.05) is 13.7 Å². The second-order valence-corrected chi connectivity index (χ2v) is 6.73. The molecule has 28 heavy (non-hydrogen) atoms. The number of aromatic hydroxyl groups is 1. The summed E-state index contributed by atoms with van der Waals surface area (Å²) in [5, 5.41) is 10.1. The smallest absolute Gasteiger partial charge is 0.163 e. The number of rotatable bonds is 12. The number of benzene rings is 2. The molecule has 2 aromatic carbocycles. The van der Waals surface area contributed by atoms with Gasteiger partial charge in [-0.15, -0.1) is 0 Å². The predicted octanol–water partition coefficient (Wildman–Crippen LogP) is 6.04. The Labute approximate surface area is 167 Å². The van der Waals surface area contributed by atoms with Crippen molar-refractivity contribution in [2.24, 2.45) is 0 Å². The van der Waals surface area contributed by atoms with Crippen LogP contribution in [0.25, 0.3) is 6.08 Å². The van der Waals surface area contributed by atoms with Gasteiger partial charge in [0.05, 0.1) is 13.7 Å². The van der Waals surface area contributed by atoms with E-state index in [-0.39, 0.29) is 11.5 Å². The van der Waals surface area contributed by atoms with E-state index in [2.05, 4.69) is 19.1 Å². The molecule has 0 aliphatic rings. The summed E-state index contributed by atoms with van der Waals surface area (Å²) in [6, 6.07) is 12.9. The molecular formula is C24H30O4. The third kappa shape index (κ3) is 7.10. The fourth-order valence-electron chi connectivity index (χ4n) is 2.78. The Balaban J connectivity index is 1.68. The molecule has 1 N–H and O–H groups in total. The molecular weight excluding hydrogens is 352 g/mol. The van der Waals surface area contributed by atoms with E-state index in [1.807, 2.05) is 24.3 Å². The normalized spacial score (nSPS) is 10.9. The maximum absolute atomic E-state index is 12.0. The van der Waals surface area contributed by atoms with Gasteiger partial charge in [0.2, 0.25) is 0 Å². The minimum atomic E-state index is 0.0294. The minimum absolute atomic E-state index is 0.0294. The zero-order valence-electron chi connectivity index (χ0n) is 16.8. The summed E-state index contributed by atoms with van der Waals surface area (Å²) in [7, 11) is 1.66. The van der Waals surface area contributed by atoms with Crippen LogP contribution in [0.1, 0.15) is 61.4 Å². The molecule has 0 fully saturated rings. The highest BCUT2D eigenvalue weighted by molar-refractivity contribution is 5.96. The predicted molar refractivity (Wildman–Crippen MR) is 113 cm³/mol. The van der Waals surface area contributed by atoms with Gasteiger partial charge in [0.1, 0.15) is 5.75 Å². The van der Waals surface area contributed by atoms with Crippen molar-refractivity contribution in [3.8, 4) is 17.2 Å². The Kier molecular flexibility index (Phi) is 9.13. The van der Waals surface area contributed by atoms with Crippen LogP contribution < -0.4 is 9.47 Å². The molecule has 0 spiro atoms. The first kappa shape index (κ1) is 21.5. The van der Waals surface area contributed by atoms with Crippen molar-refractivity contribution in [1.82, 2.24) is 0 Å². The van der Waals surface area contributed by atoms with E-state index in [4.69, 9.17) is 9.47 Å². The molecule has 0 aliphatic heterocycles. The van der Waals surface area contributed by atoms with Crippen LogP contribution in [0.3, 0.4) is 0 Å². The SMILES string of the molecule is CCCCC(=O)c1ccc(OCCCCC=Cc2ccc(OC)cc2)c(O)c1. The topological polar surface area (TPSA) is 55.8 Å². The van der Waals surface area contributed by atoms with Crippen molar-refractivity contribution in [1.29, 1.82) is 0 Å². The van der Waals surface area contributed by atoms with Crippen LogP contribution in [0.2, 0.25) is 0 Å². The maximum Gasteiger partial charge on any atom is 0.163 e. The average molecular weight is 383 g/mol. The van der Waals surface area contributed by atoms with Gasteiger partial charge in [-0.05, 0) is 61.6 Å². The number of phenols is 1. The number of Topliss-reactive ketones (excluding diaryl/α,β-unsaturated/α-hetero) is 1. The molecule has 150 valence electrons. The van der Waals surface area contributed by atoms with Crippen LogP contribution in [0.5, 0.6) is 17.2 Å². The van der Waals surface area contributed by atoms with Crippen LogP contribution in [0.15, 0.2) is 48.5 Å². The summed E-state index contributed by atoms with van der Waals surface area (Å²) in [6.07, 6.45) is 9.46. The second kappa shape index (κ2) is 11.9. The molecule has 0 aromatic heterocycles. The largest absolute Gasteiger partial charge is 0.504 e. The van der Waals surface area contributed by atoms with Crippen LogP contribution in [0, 0.1) is 0 Å². The number of ketones is 1. The Morgan fingerprint density at radius 2 is 1.86 bits per heavy atom. The first-order valence-corrected chi connectivity index (χ1v) is 9.93. The zero-order chi connectivity index (χ0) is 20.2. The molecule has 2 rings (SSSR count). The van der Waals surface area contributed by atoms with Gasteiger partial charge in [-0.1, -0.05) is 37.6 Å². The molecule has 2 aromatic rings. The molecule has 0 radical (unpaired) electrons. The van der Waals surface area contributed by atoms with Gasteiger partial charge in [-0.3, -0.25) is 4.79 Å². The van der Waals surface area contributed by atoms with E-state index in [0.717, 1.165) is 43.4 Å². The number of carbonyl (C=O) groups excluding carboxylic acids is 1. The summed E-state index contributed by atoms with van der Waals surface area (Å²) in [5.74, 6) is 1.38. The first-order valence-electron chi connectivity index (χ1n) is 9.93. The lowest BCUT2D eigenvalue weighted by Gasteiger charge is -2.09. The third-order valence-electron chi connectivity index (χ3n) is 4.49. The highest BCUT2D eigenvalue weighted by Gasteiger charge is 2.09. The average Bonchev–Trinajstić information content (AvgIpc) is 2.72. The molecule has 0 unspecified atom stereocenters. The molecule has 0 heterocycles. The van der Waals surface area contributed by atoms with Gasteiger partial charge >= 0.3 is 0 Å². The number of hydrogen-bond acceptors (Lipinski definition) is 4.